The maximum absolute atomic E-state index is 12.9. The normalized spacial score (nSPS) is 29.1. The second-order valence-electron chi connectivity index (χ2n) is 9.08. The van der Waals surface area contributed by atoms with E-state index in [0.717, 1.165) is 5.56 Å². The molecular formula is C20H28N2O6S. The molecule has 29 heavy (non-hydrogen) atoms. The van der Waals surface area contributed by atoms with Gasteiger partial charge in [-0.25, -0.2) is 22.7 Å². The zero-order valence-electron chi connectivity index (χ0n) is 17.3. The number of nitrogens with one attached hydrogen (secondary N) is 1. The topological polar surface area (TPSA) is 113 Å². The van der Waals surface area contributed by atoms with E-state index in [9.17, 15) is 23.1 Å². The lowest BCUT2D eigenvalue weighted by atomic mass is 9.84. The van der Waals surface area contributed by atoms with Gasteiger partial charge in [-0.15, -0.1) is 0 Å². The first-order chi connectivity index (χ1) is 13.3. The predicted octanol–water partition coefficient (Wildman–Crippen LogP) is 2.51. The Morgan fingerprint density at radius 3 is 2.31 bits per heavy atom. The zero-order chi connectivity index (χ0) is 21.8. The molecule has 1 aromatic carbocycles. The molecule has 1 saturated heterocycles. The maximum atomic E-state index is 12.9. The Morgan fingerprint density at radius 1 is 1.21 bits per heavy atom. The molecule has 0 radical (unpaired) electrons. The van der Waals surface area contributed by atoms with E-state index in [0.29, 0.717) is 12.8 Å². The predicted molar refractivity (Wildman–Crippen MR) is 106 cm³/mol. The van der Waals surface area contributed by atoms with Crippen LogP contribution in [0.3, 0.4) is 0 Å². The standard InChI is InChI=1S/C20H28N2O6S/c1-12-6-8-14(9-7-12)29(26,27)21-15-10-13-11-16(15)22(20(13,5)17(23)24)18(25)28-19(2,3)4/h6-9,13,15-16,21H,10-11H2,1-5H3,(H,23,24)/t13-,15-,16-,20+/m1/s1. The van der Waals surface area contributed by atoms with Crippen molar-refractivity contribution < 1.29 is 27.9 Å². The van der Waals surface area contributed by atoms with E-state index < -0.39 is 45.3 Å². The number of hydrogen-bond acceptors (Lipinski definition) is 5. The third-order valence-corrected chi connectivity index (χ3v) is 7.32. The summed E-state index contributed by atoms with van der Waals surface area (Å²) >= 11 is 0. The van der Waals surface area contributed by atoms with Crippen molar-refractivity contribution in [3.8, 4) is 0 Å². The van der Waals surface area contributed by atoms with Gasteiger partial charge < -0.3 is 9.84 Å². The van der Waals surface area contributed by atoms with Crippen molar-refractivity contribution in [2.45, 2.75) is 75.6 Å². The van der Waals surface area contributed by atoms with E-state index in [4.69, 9.17) is 4.74 Å². The van der Waals surface area contributed by atoms with Gasteiger partial charge in [-0.2, -0.15) is 0 Å². The highest BCUT2D eigenvalue weighted by Crippen LogP contribution is 2.50. The summed E-state index contributed by atoms with van der Waals surface area (Å²) in [5.41, 5.74) is -1.29. The van der Waals surface area contributed by atoms with Crippen LogP contribution >= 0.6 is 0 Å². The summed E-state index contributed by atoms with van der Waals surface area (Å²) in [6, 6.07) is 5.31. The summed E-state index contributed by atoms with van der Waals surface area (Å²) < 4.78 is 33.7. The first-order valence-corrected chi connectivity index (χ1v) is 11.1. The molecule has 0 unspecified atom stereocenters. The molecule has 2 bridgehead atoms. The molecule has 9 heteroatoms. The Kier molecular flexibility index (Phi) is 5.20. The monoisotopic (exact) mass is 424 g/mol. The Hall–Kier alpha value is -2.13. The van der Waals surface area contributed by atoms with E-state index in [1.54, 1.807) is 32.9 Å². The van der Waals surface area contributed by atoms with Crippen LogP contribution in [0.4, 0.5) is 4.79 Å². The number of nitrogens with zero attached hydrogens (tertiary/aromatic N) is 1. The van der Waals surface area contributed by atoms with Crippen LogP contribution < -0.4 is 4.72 Å². The van der Waals surface area contributed by atoms with Crippen LogP contribution in [0, 0.1) is 12.8 Å². The highest BCUT2D eigenvalue weighted by Gasteiger charge is 2.64. The van der Waals surface area contributed by atoms with Crippen LogP contribution in [0.2, 0.25) is 0 Å². The number of piperidine rings is 1. The quantitative estimate of drug-likeness (QED) is 0.768. The third-order valence-electron chi connectivity index (χ3n) is 5.82. The van der Waals surface area contributed by atoms with Crippen molar-refractivity contribution in [1.29, 1.82) is 0 Å². The van der Waals surface area contributed by atoms with Crippen molar-refractivity contribution in [2.24, 2.45) is 5.92 Å². The largest absolute Gasteiger partial charge is 0.479 e. The van der Waals surface area contributed by atoms with Crippen LogP contribution in [-0.4, -0.2) is 53.7 Å². The summed E-state index contributed by atoms with van der Waals surface area (Å²) in [6.45, 7) is 8.48. The number of rotatable bonds is 4. The molecule has 2 fully saturated rings. The molecule has 0 aromatic heterocycles. The average molecular weight is 425 g/mol. The fraction of sp³-hybridized carbons (Fsp3) is 0.600. The van der Waals surface area contributed by atoms with Gasteiger partial charge in [-0.05, 0) is 65.5 Å². The highest BCUT2D eigenvalue weighted by molar-refractivity contribution is 7.89. The Balaban J connectivity index is 1.88. The molecule has 1 aromatic rings. The molecule has 1 saturated carbocycles. The van der Waals surface area contributed by atoms with Gasteiger partial charge in [0.25, 0.3) is 0 Å². The van der Waals surface area contributed by atoms with Gasteiger partial charge in [0.15, 0.2) is 0 Å². The lowest BCUT2D eigenvalue weighted by Gasteiger charge is -2.44. The highest BCUT2D eigenvalue weighted by atomic mass is 32.2. The third kappa shape index (κ3) is 3.85. The number of benzene rings is 1. The van der Waals surface area contributed by atoms with Crippen molar-refractivity contribution in [1.82, 2.24) is 9.62 Å². The van der Waals surface area contributed by atoms with Gasteiger partial charge in [0.2, 0.25) is 10.0 Å². The van der Waals surface area contributed by atoms with Gasteiger partial charge in [0.05, 0.1) is 10.9 Å². The minimum Gasteiger partial charge on any atom is -0.479 e. The Bertz CT molecular complexity index is 921. The second-order valence-corrected chi connectivity index (χ2v) is 10.8. The summed E-state index contributed by atoms with van der Waals surface area (Å²) in [7, 11) is -3.80. The number of aryl methyl sites for hydroxylation is 1. The lowest BCUT2D eigenvalue weighted by molar-refractivity contribution is -0.153. The van der Waals surface area contributed by atoms with Gasteiger partial charge in [-0.1, -0.05) is 17.7 Å². The SMILES string of the molecule is Cc1ccc(S(=O)(=O)N[C@@H]2C[C@@H]3C[C@H]2N(C(=O)OC(C)(C)C)[C@]3(C)C(=O)O)cc1. The average Bonchev–Trinajstić information content (AvgIpc) is 3.09. The molecule has 2 aliphatic rings. The number of hydrogen-bond donors (Lipinski definition) is 2. The molecule has 4 atom stereocenters. The molecule has 1 aliphatic carbocycles. The number of amides is 1. The summed E-state index contributed by atoms with van der Waals surface area (Å²) in [4.78, 5) is 26.3. The summed E-state index contributed by atoms with van der Waals surface area (Å²) in [5.74, 6) is -1.49. The molecular weight excluding hydrogens is 396 g/mol. The van der Waals surface area contributed by atoms with Crippen molar-refractivity contribution in [3.63, 3.8) is 0 Å². The number of carbonyl (C=O) groups is 2. The molecule has 2 N–H and O–H groups in total. The van der Waals surface area contributed by atoms with Crippen molar-refractivity contribution in [2.75, 3.05) is 0 Å². The van der Waals surface area contributed by atoms with E-state index in [1.165, 1.54) is 24.0 Å². The van der Waals surface area contributed by atoms with E-state index in [-0.39, 0.29) is 10.8 Å². The first kappa shape index (κ1) is 21.6. The fourth-order valence-corrected chi connectivity index (χ4v) is 5.61. The Morgan fingerprint density at radius 2 is 1.79 bits per heavy atom. The minimum atomic E-state index is -3.80. The molecule has 0 spiro atoms. The molecule has 1 aliphatic heterocycles. The van der Waals surface area contributed by atoms with Crippen LogP contribution in [0.1, 0.15) is 46.1 Å². The molecule has 160 valence electrons. The van der Waals surface area contributed by atoms with E-state index in [1.807, 2.05) is 6.92 Å². The number of ether oxygens (including phenoxy) is 1. The maximum Gasteiger partial charge on any atom is 0.411 e. The Labute approximate surface area is 171 Å². The van der Waals surface area contributed by atoms with Crippen molar-refractivity contribution in [3.05, 3.63) is 29.8 Å². The number of carbonyl (C=O) groups excluding carboxylic acids is 1. The lowest BCUT2D eigenvalue weighted by Crippen LogP contribution is -2.64. The summed E-state index contributed by atoms with van der Waals surface area (Å²) in [5, 5.41) is 9.85. The minimum absolute atomic E-state index is 0.135. The van der Waals surface area contributed by atoms with Crippen LogP contribution in [0.15, 0.2) is 29.2 Å². The fourth-order valence-electron chi connectivity index (χ4n) is 4.33. The molecule has 3 rings (SSSR count). The van der Waals surface area contributed by atoms with E-state index in [2.05, 4.69) is 4.72 Å². The van der Waals surface area contributed by atoms with Crippen molar-refractivity contribution >= 4 is 22.1 Å². The van der Waals surface area contributed by atoms with Gasteiger partial charge in [0, 0.05) is 6.04 Å². The first-order valence-electron chi connectivity index (χ1n) is 9.60. The second kappa shape index (κ2) is 6.98. The van der Waals surface area contributed by atoms with Gasteiger partial charge in [0.1, 0.15) is 11.1 Å². The van der Waals surface area contributed by atoms with Gasteiger partial charge >= 0.3 is 12.1 Å². The van der Waals surface area contributed by atoms with Crippen LogP contribution in [-0.2, 0) is 19.6 Å². The number of carboxylic acid groups (broad SMARTS) is 1. The number of carboxylic acids is 1. The number of sulfonamides is 1. The van der Waals surface area contributed by atoms with Crippen LogP contribution in [0.25, 0.3) is 0 Å². The number of likely N-dealkylation sites (tertiary alicyclic amines) is 1. The molecule has 1 heterocycles. The summed E-state index contributed by atoms with van der Waals surface area (Å²) in [6.07, 6.45) is 0.00943. The molecule has 8 nitrogen and oxygen atoms in total. The molecule has 1 amide bonds. The van der Waals surface area contributed by atoms with Gasteiger partial charge in [-0.3, -0.25) is 4.90 Å². The zero-order valence-corrected chi connectivity index (χ0v) is 18.1. The number of aliphatic carboxylic acids is 1. The van der Waals surface area contributed by atoms with E-state index >= 15 is 0 Å². The number of fused-ring (bicyclic) bond motifs is 2. The smallest absolute Gasteiger partial charge is 0.411 e. The van der Waals surface area contributed by atoms with Crippen LogP contribution in [0.5, 0.6) is 0 Å².